The van der Waals surface area contributed by atoms with Crippen LogP contribution in [0.15, 0.2) is 84.8 Å². The van der Waals surface area contributed by atoms with Crippen LogP contribution in [-0.4, -0.2) is 18.9 Å². The highest BCUT2D eigenvalue weighted by Gasteiger charge is 2.22. The van der Waals surface area contributed by atoms with Gasteiger partial charge in [0.25, 0.3) is 0 Å². The topological polar surface area (TPSA) is 68.3 Å². The summed E-state index contributed by atoms with van der Waals surface area (Å²) in [6.07, 6.45) is 7.31. The molecule has 0 spiro atoms. The highest BCUT2D eigenvalue weighted by atomic mass is 32.2. The van der Waals surface area contributed by atoms with Gasteiger partial charge in [-0.15, -0.1) is 0 Å². The molecule has 4 rings (SSSR count). The second kappa shape index (κ2) is 6.38. The van der Waals surface area contributed by atoms with Crippen molar-refractivity contribution in [2.45, 2.75) is 5.75 Å². The van der Waals surface area contributed by atoms with Gasteiger partial charge in [-0.2, -0.15) is 0 Å². The number of aromatic nitrogens is 1. The maximum Gasteiger partial charge on any atom is 0.243 e. The summed E-state index contributed by atoms with van der Waals surface area (Å²) in [5.74, 6) is -0.0518. The number of hydrogen-bond acceptors (Lipinski definition) is 4. The lowest BCUT2D eigenvalue weighted by Gasteiger charge is -2.22. The molecule has 1 aromatic heterocycles. The maximum absolute atomic E-state index is 13.1. The summed E-state index contributed by atoms with van der Waals surface area (Å²) in [5, 5.41) is 0.878. The summed E-state index contributed by atoms with van der Waals surface area (Å²) in [5.41, 5.74) is 8.93. The van der Waals surface area contributed by atoms with Gasteiger partial charge < -0.3 is 10.6 Å². The van der Waals surface area contributed by atoms with Crippen molar-refractivity contribution < 1.29 is 8.42 Å². The van der Waals surface area contributed by atoms with Crippen LogP contribution in [0.1, 0.15) is 5.56 Å². The van der Waals surface area contributed by atoms with E-state index in [0.717, 1.165) is 22.3 Å². The van der Waals surface area contributed by atoms with Gasteiger partial charge in [-0.25, -0.2) is 12.4 Å². The van der Waals surface area contributed by atoms with E-state index >= 15 is 0 Å². The van der Waals surface area contributed by atoms with Crippen LogP contribution in [0.5, 0.6) is 0 Å². The van der Waals surface area contributed by atoms with E-state index in [9.17, 15) is 8.42 Å². The molecular weight excluding hydrogens is 346 g/mol. The van der Waals surface area contributed by atoms with E-state index in [1.807, 2.05) is 77.8 Å². The Labute approximate surface area is 152 Å². The molecule has 0 bridgehead atoms. The number of hydrogen-bond donors (Lipinski definition) is 1. The van der Waals surface area contributed by atoms with Crippen LogP contribution >= 0.6 is 0 Å². The molecule has 2 N–H and O–H groups in total. The molecule has 2 heterocycles. The summed E-state index contributed by atoms with van der Waals surface area (Å²) in [6, 6.07) is 16.7. The molecule has 0 fully saturated rings. The Bertz CT molecular complexity index is 1110. The second-order valence-corrected chi connectivity index (χ2v) is 8.13. The fourth-order valence-electron chi connectivity index (χ4n) is 3.18. The third-order valence-corrected chi connectivity index (χ3v) is 5.99. The molecule has 0 unspecified atom stereocenters. The summed E-state index contributed by atoms with van der Waals surface area (Å²) < 4.78 is 27.5. The van der Waals surface area contributed by atoms with Gasteiger partial charge in [0.2, 0.25) is 10.0 Å². The largest absolute Gasteiger partial charge is 0.401 e. The van der Waals surface area contributed by atoms with Gasteiger partial charge in [0, 0.05) is 23.5 Å². The predicted molar refractivity (Wildman–Crippen MR) is 105 cm³/mol. The third kappa shape index (κ3) is 2.99. The molecule has 0 atom stereocenters. The summed E-state index contributed by atoms with van der Waals surface area (Å²) in [6.45, 7) is 0.531. The molecule has 1 aliphatic heterocycles. The zero-order valence-corrected chi connectivity index (χ0v) is 14.9. The van der Waals surface area contributed by atoms with Crippen molar-refractivity contribution in [2.75, 3.05) is 11.4 Å². The molecule has 0 radical (unpaired) electrons. The third-order valence-electron chi connectivity index (χ3n) is 4.39. The Morgan fingerprint density at radius 1 is 1.00 bits per heavy atom. The first-order chi connectivity index (χ1) is 12.5. The van der Waals surface area contributed by atoms with Crippen molar-refractivity contribution in [3.63, 3.8) is 0 Å². The molecule has 0 aliphatic carbocycles. The Morgan fingerprint density at radius 2 is 1.73 bits per heavy atom. The van der Waals surface area contributed by atoms with Gasteiger partial charge in [0.05, 0.1) is 23.5 Å². The minimum atomic E-state index is -3.55. The smallest absolute Gasteiger partial charge is 0.243 e. The first-order valence-corrected chi connectivity index (χ1v) is 9.92. The fourth-order valence-corrected chi connectivity index (χ4v) is 4.66. The average Bonchev–Trinajstić information content (AvgIpc) is 3.03. The quantitative estimate of drug-likeness (QED) is 0.771. The standard InChI is InChI=1S/C20H19N3O2S/c21-17-9-6-12-22(13-17)20-14-23(19-11-5-4-10-18(19)20)26(24,25)15-16-7-2-1-3-8-16/h1-12,14H,13,15,21H2. The number of anilines is 1. The van der Waals surface area contributed by atoms with Gasteiger partial charge in [-0.3, -0.25) is 0 Å². The van der Waals surface area contributed by atoms with E-state index in [1.165, 1.54) is 3.97 Å². The highest BCUT2D eigenvalue weighted by Crippen LogP contribution is 2.32. The van der Waals surface area contributed by atoms with E-state index in [-0.39, 0.29) is 5.75 Å². The van der Waals surface area contributed by atoms with Crippen LogP contribution in [0, 0.1) is 0 Å². The minimum Gasteiger partial charge on any atom is -0.401 e. The molecule has 0 saturated carbocycles. The minimum absolute atomic E-state index is 0.0518. The molecule has 6 heteroatoms. The first-order valence-electron chi connectivity index (χ1n) is 8.31. The van der Waals surface area contributed by atoms with Crippen LogP contribution in [0.4, 0.5) is 5.69 Å². The van der Waals surface area contributed by atoms with Crippen LogP contribution in [0.2, 0.25) is 0 Å². The SMILES string of the molecule is NC1=CC=CN(c2cn(S(=O)(=O)Cc3ccccc3)c3ccccc23)C1. The van der Waals surface area contributed by atoms with Crippen molar-refractivity contribution >= 4 is 26.6 Å². The number of allylic oxidation sites excluding steroid dienone is 2. The summed E-state index contributed by atoms with van der Waals surface area (Å²) in [7, 11) is -3.55. The second-order valence-electron chi connectivity index (χ2n) is 6.28. The number of benzene rings is 2. The van der Waals surface area contributed by atoms with E-state index in [2.05, 4.69) is 0 Å². The first kappa shape index (κ1) is 16.5. The maximum atomic E-state index is 13.1. The molecule has 0 amide bonds. The van der Waals surface area contributed by atoms with Gasteiger partial charge in [0.15, 0.2) is 0 Å². The number of para-hydroxylation sites is 1. The Morgan fingerprint density at radius 3 is 2.50 bits per heavy atom. The zero-order valence-electron chi connectivity index (χ0n) is 14.1. The molecule has 26 heavy (non-hydrogen) atoms. The van der Waals surface area contributed by atoms with Gasteiger partial charge in [-0.1, -0.05) is 48.5 Å². The number of fused-ring (bicyclic) bond motifs is 1. The molecule has 3 aromatic rings. The Balaban J connectivity index is 1.81. The van der Waals surface area contributed by atoms with Crippen LogP contribution in [0.25, 0.3) is 10.9 Å². The van der Waals surface area contributed by atoms with Crippen molar-refractivity contribution in [2.24, 2.45) is 5.73 Å². The molecular formula is C20H19N3O2S. The lowest BCUT2D eigenvalue weighted by molar-refractivity contribution is 0.588. The van der Waals surface area contributed by atoms with Crippen LogP contribution in [-0.2, 0) is 15.8 Å². The predicted octanol–water partition coefficient (Wildman–Crippen LogP) is 3.20. The zero-order chi connectivity index (χ0) is 18.1. The lowest BCUT2D eigenvalue weighted by Crippen LogP contribution is -2.24. The molecule has 2 aromatic carbocycles. The van der Waals surface area contributed by atoms with Crippen molar-refractivity contribution in [1.29, 1.82) is 0 Å². The number of nitrogens with zero attached hydrogens (tertiary/aromatic N) is 2. The Kier molecular flexibility index (Phi) is 4.05. The summed E-state index contributed by atoms with van der Waals surface area (Å²) in [4.78, 5) is 1.96. The number of nitrogens with two attached hydrogens (primary N) is 1. The van der Waals surface area contributed by atoms with Crippen molar-refractivity contribution in [3.8, 4) is 0 Å². The van der Waals surface area contributed by atoms with E-state index in [1.54, 1.807) is 6.20 Å². The van der Waals surface area contributed by atoms with Gasteiger partial charge in [0.1, 0.15) is 0 Å². The summed E-state index contributed by atoms with van der Waals surface area (Å²) >= 11 is 0. The monoisotopic (exact) mass is 365 g/mol. The van der Waals surface area contributed by atoms with Crippen LogP contribution in [0.3, 0.4) is 0 Å². The van der Waals surface area contributed by atoms with E-state index < -0.39 is 10.0 Å². The fraction of sp³-hybridized carbons (Fsp3) is 0.100. The Hall–Kier alpha value is -2.99. The van der Waals surface area contributed by atoms with E-state index in [0.29, 0.717) is 12.1 Å². The molecule has 0 saturated heterocycles. The van der Waals surface area contributed by atoms with E-state index in [4.69, 9.17) is 5.73 Å². The molecule has 5 nitrogen and oxygen atoms in total. The van der Waals surface area contributed by atoms with Crippen molar-refractivity contribution in [3.05, 3.63) is 90.4 Å². The van der Waals surface area contributed by atoms with Crippen molar-refractivity contribution in [1.82, 2.24) is 3.97 Å². The highest BCUT2D eigenvalue weighted by molar-refractivity contribution is 7.89. The molecule has 132 valence electrons. The number of rotatable bonds is 4. The average molecular weight is 365 g/mol. The van der Waals surface area contributed by atoms with Gasteiger partial charge in [-0.05, 0) is 23.8 Å². The van der Waals surface area contributed by atoms with Gasteiger partial charge >= 0.3 is 0 Å². The van der Waals surface area contributed by atoms with Crippen LogP contribution < -0.4 is 10.6 Å². The normalized spacial score (nSPS) is 14.6. The molecule has 1 aliphatic rings. The lowest BCUT2D eigenvalue weighted by atomic mass is 10.2.